The molecule has 6 aromatic rings. The first-order chi connectivity index (χ1) is 27.9. The molecule has 6 heterocycles. The quantitative estimate of drug-likeness (QED) is 0.205. The second-order valence-electron chi connectivity index (χ2n) is 14.9. The summed E-state index contributed by atoms with van der Waals surface area (Å²) in [4.78, 5) is 36.3. The van der Waals surface area contributed by atoms with E-state index in [0.29, 0.717) is 84.0 Å². The maximum atomic E-state index is 15.2. The topological polar surface area (TPSA) is 123 Å². The van der Waals surface area contributed by atoms with Crippen LogP contribution in [0.5, 0.6) is 23.1 Å². The number of rotatable bonds is 7. The fourth-order valence-corrected chi connectivity index (χ4v) is 8.50. The maximum Gasteiger partial charge on any atom is 0.268 e. The van der Waals surface area contributed by atoms with Gasteiger partial charge in [0.15, 0.2) is 11.5 Å². The summed E-state index contributed by atoms with van der Waals surface area (Å²) in [7, 11) is 1.96. The number of aromatic nitrogens is 2. The third-order valence-corrected chi connectivity index (χ3v) is 11.4. The standard InChI is InChI=1S/C44H42N6O7/c1-46-14-12-28-6-7-32(21-38(28)46)49(31-8-10-34(51)11-9-31)43(53)37-22-39(50-44(37)55-17-13-45-50)35-23-40-41(57-27-56-40)24-36(35)42(52)48-25-30-5-3-2-4-29(30)20-33(48)26-47-15-18-54-19-16-47/h2-12,14,21-24,33,45,51H,13,15-20,25-27H2,1H3/t33-/m0/s1. The van der Waals surface area contributed by atoms with Gasteiger partial charge in [0.05, 0.1) is 36.7 Å². The zero-order valence-electron chi connectivity index (χ0n) is 31.5. The van der Waals surface area contributed by atoms with Crippen molar-refractivity contribution < 1.29 is 33.6 Å². The molecule has 13 heteroatoms. The number of nitrogens with one attached hydrogen (secondary N) is 1. The van der Waals surface area contributed by atoms with E-state index in [1.807, 2.05) is 59.1 Å². The number of aromatic hydroxyl groups is 1. The van der Waals surface area contributed by atoms with E-state index in [1.54, 1.807) is 46.0 Å². The lowest BCUT2D eigenvalue weighted by Crippen LogP contribution is -2.52. The number of carbonyl (C=O) groups excluding carboxylic acids is 2. The normalized spacial score (nSPS) is 17.4. The third-order valence-electron chi connectivity index (χ3n) is 11.4. The molecule has 2 N–H and O–H groups in total. The van der Waals surface area contributed by atoms with Crippen LogP contribution in [0.15, 0.2) is 97.2 Å². The Morgan fingerprint density at radius 2 is 1.61 bits per heavy atom. The fourth-order valence-electron chi connectivity index (χ4n) is 8.50. The first-order valence-electron chi connectivity index (χ1n) is 19.3. The average molecular weight is 767 g/mol. The first-order valence-corrected chi connectivity index (χ1v) is 19.3. The fraction of sp³-hybridized carbons (Fsp3) is 0.273. The number of amides is 2. The number of hydrogen-bond acceptors (Lipinski definition) is 9. The van der Waals surface area contributed by atoms with Crippen LogP contribution >= 0.6 is 0 Å². The van der Waals surface area contributed by atoms with Gasteiger partial charge in [-0.3, -0.25) is 19.4 Å². The third kappa shape index (κ3) is 6.28. The molecule has 2 aromatic heterocycles. The Morgan fingerprint density at radius 1 is 0.842 bits per heavy atom. The molecule has 290 valence electrons. The van der Waals surface area contributed by atoms with Crippen molar-refractivity contribution in [2.45, 2.75) is 19.0 Å². The molecule has 2 amide bonds. The van der Waals surface area contributed by atoms with Crippen molar-refractivity contribution in [3.8, 4) is 34.4 Å². The van der Waals surface area contributed by atoms with Crippen LogP contribution in [0.2, 0.25) is 0 Å². The molecule has 0 spiro atoms. The van der Waals surface area contributed by atoms with Gasteiger partial charge in [0, 0.05) is 62.2 Å². The molecule has 1 fully saturated rings. The van der Waals surface area contributed by atoms with E-state index in [2.05, 4.69) is 28.5 Å². The zero-order valence-corrected chi connectivity index (χ0v) is 31.5. The second-order valence-corrected chi connectivity index (χ2v) is 14.9. The van der Waals surface area contributed by atoms with Gasteiger partial charge in [-0.2, -0.15) is 0 Å². The zero-order chi connectivity index (χ0) is 38.6. The van der Waals surface area contributed by atoms with E-state index < -0.39 is 0 Å². The number of nitrogens with zero attached hydrogens (tertiary/aromatic N) is 5. The highest BCUT2D eigenvalue weighted by Crippen LogP contribution is 2.43. The minimum absolute atomic E-state index is 0.0353. The van der Waals surface area contributed by atoms with Gasteiger partial charge in [0.2, 0.25) is 12.7 Å². The number of anilines is 2. The molecule has 13 nitrogen and oxygen atoms in total. The molecule has 57 heavy (non-hydrogen) atoms. The van der Waals surface area contributed by atoms with E-state index in [1.165, 1.54) is 5.56 Å². The molecule has 0 bridgehead atoms. The number of hydrogen-bond donors (Lipinski definition) is 2. The Kier molecular flexibility index (Phi) is 8.75. The highest BCUT2D eigenvalue weighted by Gasteiger charge is 2.37. The van der Waals surface area contributed by atoms with Gasteiger partial charge in [-0.15, -0.1) is 0 Å². The molecular weight excluding hydrogens is 725 g/mol. The van der Waals surface area contributed by atoms with Crippen molar-refractivity contribution in [3.63, 3.8) is 0 Å². The van der Waals surface area contributed by atoms with E-state index in [9.17, 15) is 5.11 Å². The molecule has 1 saturated heterocycles. The molecular formula is C44H42N6O7. The summed E-state index contributed by atoms with van der Waals surface area (Å²) in [6.45, 7) is 5.00. The molecule has 0 unspecified atom stereocenters. The van der Waals surface area contributed by atoms with Crippen LogP contribution in [0, 0.1) is 0 Å². The Morgan fingerprint density at radius 3 is 2.44 bits per heavy atom. The van der Waals surface area contributed by atoms with E-state index in [-0.39, 0.29) is 30.4 Å². The maximum absolute atomic E-state index is 15.2. The number of aryl methyl sites for hydroxylation is 1. The number of morpholine rings is 1. The predicted octanol–water partition coefficient (Wildman–Crippen LogP) is 5.89. The van der Waals surface area contributed by atoms with Crippen LogP contribution in [0.3, 0.4) is 0 Å². The van der Waals surface area contributed by atoms with E-state index in [4.69, 9.17) is 18.9 Å². The lowest BCUT2D eigenvalue weighted by atomic mass is 9.92. The van der Waals surface area contributed by atoms with Crippen LogP contribution in [0.1, 0.15) is 31.8 Å². The van der Waals surface area contributed by atoms with E-state index >= 15 is 9.59 Å². The van der Waals surface area contributed by atoms with Crippen LogP contribution in [-0.2, 0) is 24.8 Å². The molecule has 0 aliphatic carbocycles. The summed E-state index contributed by atoms with van der Waals surface area (Å²) in [5, 5.41) is 11.2. The minimum Gasteiger partial charge on any atom is -0.508 e. The molecule has 4 aromatic carbocycles. The molecule has 4 aliphatic rings. The van der Waals surface area contributed by atoms with Crippen molar-refractivity contribution in [1.82, 2.24) is 19.0 Å². The molecule has 10 rings (SSSR count). The van der Waals surface area contributed by atoms with Crippen molar-refractivity contribution in [2.24, 2.45) is 7.05 Å². The van der Waals surface area contributed by atoms with Gasteiger partial charge in [-0.05, 0) is 83.6 Å². The highest BCUT2D eigenvalue weighted by atomic mass is 16.7. The number of benzene rings is 4. The van der Waals surface area contributed by atoms with Crippen LogP contribution in [-0.4, -0.2) is 94.8 Å². The summed E-state index contributed by atoms with van der Waals surface area (Å²) >= 11 is 0. The van der Waals surface area contributed by atoms with Crippen molar-refractivity contribution in [2.75, 3.05) is 63.1 Å². The Labute approximate surface area is 329 Å². The Bertz CT molecular complexity index is 2520. The van der Waals surface area contributed by atoms with Crippen LogP contribution in [0.4, 0.5) is 11.4 Å². The summed E-state index contributed by atoms with van der Waals surface area (Å²) in [5.74, 6) is 0.933. The van der Waals surface area contributed by atoms with Gasteiger partial charge >= 0.3 is 0 Å². The number of phenolic OH excluding ortho intramolecular Hbond substituents is 1. The SMILES string of the molecule is Cn1ccc2ccc(N(C(=O)c3cc(-c4cc5c(cc4C(=O)N4Cc6ccccc6C[C@H]4CN4CCOCC4)OCO5)n4c3OCCN4)c3ccc(O)cc3)cc21. The Hall–Kier alpha value is -6.44. The lowest BCUT2D eigenvalue weighted by molar-refractivity contribution is 0.0193. The Balaban J connectivity index is 1.09. The number of carbonyl (C=O) groups is 2. The van der Waals surface area contributed by atoms with Gasteiger partial charge in [0.25, 0.3) is 11.8 Å². The van der Waals surface area contributed by atoms with E-state index in [0.717, 1.165) is 42.5 Å². The highest BCUT2D eigenvalue weighted by molar-refractivity contribution is 6.14. The van der Waals surface area contributed by atoms with Gasteiger partial charge in [0.1, 0.15) is 17.9 Å². The average Bonchev–Trinajstić information content (AvgIpc) is 3.98. The second kappa shape index (κ2) is 14.3. The summed E-state index contributed by atoms with van der Waals surface area (Å²) in [5.41, 5.74) is 9.82. The van der Waals surface area contributed by atoms with Crippen molar-refractivity contribution >= 4 is 34.1 Å². The van der Waals surface area contributed by atoms with Crippen LogP contribution in [0.25, 0.3) is 22.2 Å². The molecule has 1 atom stereocenters. The molecule has 4 aliphatic heterocycles. The van der Waals surface area contributed by atoms with Gasteiger partial charge in [-0.25, -0.2) is 4.68 Å². The first kappa shape index (κ1) is 35.0. The van der Waals surface area contributed by atoms with Gasteiger partial charge < -0.3 is 38.9 Å². The number of phenols is 1. The number of ether oxygens (including phenoxy) is 4. The number of fused-ring (bicyclic) bond motifs is 4. The molecule has 0 saturated carbocycles. The summed E-state index contributed by atoms with van der Waals surface area (Å²) in [6, 6.07) is 28.1. The summed E-state index contributed by atoms with van der Waals surface area (Å²) < 4.78 is 27.4. The minimum atomic E-state index is -0.347. The monoisotopic (exact) mass is 766 g/mol. The van der Waals surface area contributed by atoms with Gasteiger partial charge in [-0.1, -0.05) is 30.3 Å². The van der Waals surface area contributed by atoms with Crippen molar-refractivity contribution in [1.29, 1.82) is 0 Å². The largest absolute Gasteiger partial charge is 0.508 e. The molecule has 0 radical (unpaired) electrons. The predicted molar refractivity (Wildman–Crippen MR) is 214 cm³/mol. The lowest BCUT2D eigenvalue weighted by Gasteiger charge is -2.40. The van der Waals surface area contributed by atoms with Crippen molar-refractivity contribution in [3.05, 3.63) is 119 Å². The smallest absolute Gasteiger partial charge is 0.268 e. The van der Waals surface area contributed by atoms with Crippen LogP contribution < -0.4 is 24.5 Å². The summed E-state index contributed by atoms with van der Waals surface area (Å²) in [6.07, 6.45) is 2.71.